The van der Waals surface area contributed by atoms with Gasteiger partial charge < -0.3 is 14.6 Å². The molecule has 7 nitrogen and oxygen atoms in total. The Hall–Kier alpha value is -3.47. The molecule has 0 atom stereocenters. The fourth-order valence-corrected chi connectivity index (χ4v) is 4.35. The number of pyridine rings is 1. The van der Waals surface area contributed by atoms with Crippen LogP contribution in [-0.2, 0) is 17.8 Å². The van der Waals surface area contributed by atoms with E-state index in [0.29, 0.717) is 35.6 Å². The normalized spacial score (nSPS) is 12.0. The molecule has 2 amide bonds. The lowest BCUT2D eigenvalue weighted by atomic mass is 10.1. The molecular weight excluding hydrogens is 493 g/mol. The van der Waals surface area contributed by atoms with E-state index in [-0.39, 0.29) is 17.4 Å². The standard InChI is InChI=1S/C25H27F3N4O3S/c1-3-4-6-18-7-12-21(30-15-18)23(34)31-24-32(14-5-13-29-17(2)33)22(16-36-24)19-8-10-20(11-9-19)35-25(26,27)28/h7-12,15-16H,3-6,13-14H2,1-2H3,(H,29,33). The Bertz CT molecular complexity index is 1230. The van der Waals surface area contributed by atoms with Crippen LogP contribution in [0.1, 0.15) is 49.2 Å². The van der Waals surface area contributed by atoms with E-state index in [1.54, 1.807) is 22.2 Å². The minimum absolute atomic E-state index is 0.153. The van der Waals surface area contributed by atoms with Gasteiger partial charge in [-0.25, -0.2) is 0 Å². The number of thiazole rings is 1. The molecule has 0 saturated heterocycles. The smallest absolute Gasteiger partial charge is 0.406 e. The highest BCUT2D eigenvalue weighted by atomic mass is 32.1. The Morgan fingerprint density at radius 1 is 1.14 bits per heavy atom. The van der Waals surface area contributed by atoms with Gasteiger partial charge in [0, 0.05) is 31.6 Å². The van der Waals surface area contributed by atoms with Gasteiger partial charge in [-0.3, -0.25) is 14.6 Å². The Kier molecular flexibility index (Phi) is 9.40. The molecule has 0 radical (unpaired) electrons. The summed E-state index contributed by atoms with van der Waals surface area (Å²) in [4.78, 5) is 33.0. The Labute approximate surface area is 210 Å². The van der Waals surface area contributed by atoms with E-state index in [4.69, 9.17) is 0 Å². The quantitative estimate of drug-likeness (QED) is 0.376. The third-order valence-corrected chi connectivity index (χ3v) is 6.04. The third kappa shape index (κ3) is 8.04. The van der Waals surface area contributed by atoms with Gasteiger partial charge >= 0.3 is 6.36 Å². The summed E-state index contributed by atoms with van der Waals surface area (Å²) in [5, 5.41) is 4.51. The van der Waals surface area contributed by atoms with Crippen LogP contribution in [0, 0.1) is 0 Å². The van der Waals surface area contributed by atoms with Gasteiger partial charge in [-0.1, -0.05) is 19.4 Å². The third-order valence-electron chi connectivity index (χ3n) is 5.17. The van der Waals surface area contributed by atoms with E-state index >= 15 is 0 Å². The first-order valence-corrected chi connectivity index (χ1v) is 12.4. The van der Waals surface area contributed by atoms with E-state index < -0.39 is 12.3 Å². The number of hydrogen-bond donors (Lipinski definition) is 1. The molecule has 0 aliphatic rings. The lowest BCUT2D eigenvalue weighted by molar-refractivity contribution is -0.274. The average Bonchev–Trinajstić information content (AvgIpc) is 3.22. The van der Waals surface area contributed by atoms with Crippen LogP contribution in [0.3, 0.4) is 0 Å². The number of hydrogen-bond acceptors (Lipinski definition) is 5. The maximum Gasteiger partial charge on any atom is 0.573 e. The Balaban J connectivity index is 1.88. The highest BCUT2D eigenvalue weighted by molar-refractivity contribution is 7.07. The van der Waals surface area contributed by atoms with Gasteiger partial charge in [-0.05, 0) is 60.7 Å². The van der Waals surface area contributed by atoms with Crippen molar-refractivity contribution in [3.63, 3.8) is 0 Å². The van der Waals surface area contributed by atoms with E-state index in [1.165, 1.54) is 42.5 Å². The number of carbonyl (C=O) groups excluding carboxylic acids is 2. The van der Waals surface area contributed by atoms with Gasteiger partial charge in [0.25, 0.3) is 5.91 Å². The fraction of sp³-hybridized carbons (Fsp3) is 0.360. The van der Waals surface area contributed by atoms with Crippen molar-refractivity contribution >= 4 is 23.2 Å². The first-order valence-electron chi connectivity index (χ1n) is 11.5. The van der Waals surface area contributed by atoms with E-state index in [2.05, 4.69) is 27.0 Å². The summed E-state index contributed by atoms with van der Waals surface area (Å²) in [5.41, 5.74) is 2.59. The predicted molar refractivity (Wildman–Crippen MR) is 130 cm³/mol. The van der Waals surface area contributed by atoms with Gasteiger partial charge in [0.1, 0.15) is 11.4 Å². The number of unbranched alkanes of at least 4 members (excludes halogenated alkanes) is 1. The zero-order valence-electron chi connectivity index (χ0n) is 20.0. The summed E-state index contributed by atoms with van der Waals surface area (Å²) in [6.45, 7) is 4.38. The topological polar surface area (TPSA) is 85.6 Å². The van der Waals surface area contributed by atoms with Gasteiger partial charge in [0.05, 0.1) is 5.69 Å². The molecule has 0 bridgehead atoms. The lowest BCUT2D eigenvalue weighted by Gasteiger charge is -2.11. The first-order chi connectivity index (χ1) is 17.2. The number of carbonyl (C=O) groups is 2. The van der Waals surface area contributed by atoms with Crippen LogP contribution >= 0.6 is 11.3 Å². The van der Waals surface area contributed by atoms with Crippen LogP contribution in [0.25, 0.3) is 11.3 Å². The molecule has 3 rings (SSSR count). The van der Waals surface area contributed by atoms with E-state index in [9.17, 15) is 22.8 Å². The summed E-state index contributed by atoms with van der Waals surface area (Å²) in [6.07, 6.45) is 0.469. The van der Waals surface area contributed by atoms with Crippen LogP contribution in [-0.4, -0.2) is 34.3 Å². The van der Waals surface area contributed by atoms with Crippen LogP contribution in [0.2, 0.25) is 0 Å². The molecule has 0 aliphatic carbocycles. The van der Waals surface area contributed by atoms with Crippen molar-refractivity contribution in [1.29, 1.82) is 0 Å². The monoisotopic (exact) mass is 520 g/mol. The maximum atomic E-state index is 12.8. The number of rotatable bonds is 10. The van der Waals surface area contributed by atoms with Crippen LogP contribution in [0.5, 0.6) is 5.75 Å². The summed E-state index contributed by atoms with van der Waals surface area (Å²) in [5.74, 6) is -0.971. The minimum Gasteiger partial charge on any atom is -0.406 e. The second-order valence-corrected chi connectivity index (χ2v) is 8.87. The number of alkyl halides is 3. The lowest BCUT2D eigenvalue weighted by Crippen LogP contribution is -2.24. The Morgan fingerprint density at radius 3 is 2.50 bits per heavy atom. The number of nitrogens with one attached hydrogen (secondary N) is 1. The average molecular weight is 521 g/mol. The molecule has 2 heterocycles. The van der Waals surface area contributed by atoms with Crippen LogP contribution < -0.4 is 14.9 Å². The molecule has 0 unspecified atom stereocenters. The molecule has 0 aliphatic heterocycles. The summed E-state index contributed by atoms with van der Waals surface area (Å²) in [7, 11) is 0. The summed E-state index contributed by atoms with van der Waals surface area (Å²) >= 11 is 1.24. The molecule has 192 valence electrons. The minimum atomic E-state index is -4.78. The molecule has 36 heavy (non-hydrogen) atoms. The van der Waals surface area contributed by atoms with Crippen molar-refractivity contribution in [2.75, 3.05) is 6.54 Å². The van der Waals surface area contributed by atoms with Crippen molar-refractivity contribution in [2.45, 2.75) is 52.4 Å². The van der Waals surface area contributed by atoms with Crippen molar-refractivity contribution in [3.05, 3.63) is 64.0 Å². The summed E-state index contributed by atoms with van der Waals surface area (Å²) < 4.78 is 43.2. The van der Waals surface area contributed by atoms with Crippen LogP contribution in [0.4, 0.5) is 13.2 Å². The van der Waals surface area contributed by atoms with Gasteiger partial charge in [-0.15, -0.1) is 24.5 Å². The molecule has 0 spiro atoms. The van der Waals surface area contributed by atoms with Crippen molar-refractivity contribution in [3.8, 4) is 17.0 Å². The number of halogens is 3. The zero-order chi connectivity index (χ0) is 26.1. The SMILES string of the molecule is CCCCc1ccc(C(=O)N=c2scc(-c3ccc(OC(F)(F)F)cc3)n2CCCNC(C)=O)nc1. The second-order valence-electron chi connectivity index (χ2n) is 8.04. The highest BCUT2D eigenvalue weighted by Gasteiger charge is 2.31. The van der Waals surface area contributed by atoms with Crippen LogP contribution in [0.15, 0.2) is 53.0 Å². The number of ether oxygens (including phenoxy) is 1. The van der Waals surface area contributed by atoms with E-state index in [0.717, 1.165) is 24.8 Å². The van der Waals surface area contributed by atoms with Crippen molar-refractivity contribution in [1.82, 2.24) is 14.9 Å². The molecule has 3 aromatic rings. The molecule has 0 saturated carbocycles. The predicted octanol–water partition coefficient (Wildman–Crippen LogP) is 5.12. The molecule has 1 aromatic carbocycles. The molecule has 0 fully saturated rings. The van der Waals surface area contributed by atoms with Gasteiger partial charge in [0.2, 0.25) is 5.91 Å². The molecular formula is C25H27F3N4O3S. The number of benzene rings is 1. The largest absolute Gasteiger partial charge is 0.573 e. The van der Waals surface area contributed by atoms with Gasteiger partial charge in [-0.2, -0.15) is 4.99 Å². The molecule has 11 heteroatoms. The fourth-order valence-electron chi connectivity index (χ4n) is 3.42. The first kappa shape index (κ1) is 27.1. The van der Waals surface area contributed by atoms with Crippen molar-refractivity contribution < 1.29 is 27.5 Å². The number of nitrogens with zero attached hydrogens (tertiary/aromatic N) is 3. The maximum absolute atomic E-state index is 12.8. The molecule has 2 aromatic heterocycles. The zero-order valence-corrected chi connectivity index (χ0v) is 20.8. The highest BCUT2D eigenvalue weighted by Crippen LogP contribution is 2.27. The molecule has 1 N–H and O–H groups in total. The van der Waals surface area contributed by atoms with Gasteiger partial charge in [0.15, 0.2) is 4.80 Å². The second kappa shape index (κ2) is 12.5. The summed E-state index contributed by atoms with van der Waals surface area (Å²) in [6, 6.07) is 9.01. The Morgan fingerprint density at radius 2 is 1.89 bits per heavy atom. The number of amides is 2. The van der Waals surface area contributed by atoms with E-state index in [1.807, 2.05) is 6.07 Å². The number of aromatic nitrogens is 2. The van der Waals surface area contributed by atoms with Crippen molar-refractivity contribution in [2.24, 2.45) is 4.99 Å². The number of aryl methyl sites for hydroxylation is 1.